The van der Waals surface area contributed by atoms with Crippen molar-refractivity contribution in [3.63, 3.8) is 0 Å². The van der Waals surface area contributed by atoms with E-state index in [1.54, 1.807) is 16.2 Å². The summed E-state index contributed by atoms with van der Waals surface area (Å²) in [6.45, 7) is 2.69. The highest BCUT2D eigenvalue weighted by molar-refractivity contribution is 9.11. The summed E-state index contributed by atoms with van der Waals surface area (Å²) >= 11 is 5.08. The van der Waals surface area contributed by atoms with Crippen molar-refractivity contribution in [2.24, 2.45) is 0 Å². The van der Waals surface area contributed by atoms with Gasteiger partial charge in [-0.15, -0.1) is 11.3 Å². The second-order valence-corrected chi connectivity index (χ2v) is 6.79. The van der Waals surface area contributed by atoms with E-state index in [-0.39, 0.29) is 24.4 Å². The molecule has 2 rings (SSSR count). The van der Waals surface area contributed by atoms with Gasteiger partial charge in [-0.05, 0) is 40.9 Å². The van der Waals surface area contributed by atoms with Gasteiger partial charge in [0.1, 0.15) is 6.04 Å². The first-order valence-electron chi connectivity index (χ1n) is 5.92. The summed E-state index contributed by atoms with van der Waals surface area (Å²) in [5.74, 6) is -0.0264. The van der Waals surface area contributed by atoms with Crippen LogP contribution in [0.25, 0.3) is 0 Å². The van der Waals surface area contributed by atoms with Crippen LogP contribution in [-0.4, -0.2) is 35.8 Å². The summed E-state index contributed by atoms with van der Waals surface area (Å²) in [5.41, 5.74) is 0. The minimum atomic E-state index is -0.346. The normalized spacial score (nSPS) is 20.1. The number of piperazine rings is 1. The fourth-order valence-corrected chi connectivity index (χ4v) is 3.44. The molecule has 2 amide bonds. The van der Waals surface area contributed by atoms with Crippen molar-refractivity contribution in [3.8, 4) is 0 Å². The molecular weight excluding hydrogens is 316 g/mol. The standard InChI is InChI=1S/C12H15BrN2O2S/c1-2-9-12(17)15(7-11(16)14-9)6-5-8-3-4-10(13)18-8/h3-4,9H,2,5-7H2,1H3,(H,14,16). The first kappa shape index (κ1) is 13.5. The lowest BCUT2D eigenvalue weighted by atomic mass is 10.1. The molecule has 1 aromatic rings. The number of carbonyl (C=O) groups is 2. The third kappa shape index (κ3) is 3.11. The van der Waals surface area contributed by atoms with E-state index in [9.17, 15) is 9.59 Å². The summed E-state index contributed by atoms with van der Waals surface area (Å²) in [6.07, 6.45) is 1.44. The smallest absolute Gasteiger partial charge is 0.245 e. The molecule has 0 aliphatic carbocycles. The Morgan fingerprint density at radius 1 is 1.50 bits per heavy atom. The number of thiophene rings is 1. The van der Waals surface area contributed by atoms with E-state index in [2.05, 4.69) is 21.2 Å². The van der Waals surface area contributed by atoms with E-state index in [4.69, 9.17) is 0 Å². The Balaban J connectivity index is 1.95. The van der Waals surface area contributed by atoms with Gasteiger partial charge in [0.15, 0.2) is 0 Å². The van der Waals surface area contributed by atoms with Crippen LogP contribution in [0.3, 0.4) is 0 Å². The number of nitrogens with one attached hydrogen (secondary N) is 1. The Bertz CT molecular complexity index is 461. The lowest BCUT2D eigenvalue weighted by Crippen LogP contribution is -2.58. The van der Waals surface area contributed by atoms with Crippen LogP contribution >= 0.6 is 27.3 Å². The van der Waals surface area contributed by atoms with Gasteiger partial charge < -0.3 is 10.2 Å². The van der Waals surface area contributed by atoms with Crippen molar-refractivity contribution in [1.82, 2.24) is 10.2 Å². The largest absolute Gasteiger partial charge is 0.343 e. The average molecular weight is 331 g/mol. The van der Waals surface area contributed by atoms with Crippen molar-refractivity contribution >= 4 is 39.1 Å². The molecule has 1 saturated heterocycles. The number of hydrogen-bond donors (Lipinski definition) is 1. The zero-order valence-corrected chi connectivity index (χ0v) is 12.5. The van der Waals surface area contributed by atoms with E-state index in [0.717, 1.165) is 10.2 Å². The van der Waals surface area contributed by atoms with Gasteiger partial charge >= 0.3 is 0 Å². The van der Waals surface area contributed by atoms with Crippen LogP contribution in [0.1, 0.15) is 18.2 Å². The van der Waals surface area contributed by atoms with Crippen molar-refractivity contribution in [3.05, 3.63) is 20.8 Å². The van der Waals surface area contributed by atoms with Gasteiger partial charge in [-0.3, -0.25) is 9.59 Å². The lowest BCUT2D eigenvalue weighted by Gasteiger charge is -2.31. The molecule has 18 heavy (non-hydrogen) atoms. The molecule has 1 atom stereocenters. The summed E-state index contributed by atoms with van der Waals surface area (Å²) in [6, 6.07) is 3.70. The summed E-state index contributed by atoms with van der Waals surface area (Å²) in [7, 11) is 0. The Morgan fingerprint density at radius 3 is 2.89 bits per heavy atom. The van der Waals surface area contributed by atoms with Crippen molar-refractivity contribution in [2.45, 2.75) is 25.8 Å². The number of carbonyl (C=O) groups excluding carboxylic acids is 2. The highest BCUT2D eigenvalue weighted by Crippen LogP contribution is 2.22. The lowest BCUT2D eigenvalue weighted by molar-refractivity contribution is -0.144. The minimum absolute atomic E-state index is 0.0349. The van der Waals surface area contributed by atoms with Gasteiger partial charge in [0.05, 0.1) is 10.3 Å². The number of halogens is 1. The quantitative estimate of drug-likeness (QED) is 0.915. The van der Waals surface area contributed by atoms with Crippen LogP contribution in [0.4, 0.5) is 0 Å². The van der Waals surface area contributed by atoms with E-state index in [0.29, 0.717) is 13.0 Å². The third-order valence-corrected chi connectivity index (χ3v) is 4.63. The summed E-state index contributed by atoms with van der Waals surface area (Å²) in [4.78, 5) is 26.4. The van der Waals surface area contributed by atoms with E-state index in [1.807, 2.05) is 19.1 Å². The Labute approximate surface area is 118 Å². The summed E-state index contributed by atoms with van der Waals surface area (Å²) < 4.78 is 1.09. The Morgan fingerprint density at radius 2 is 2.28 bits per heavy atom. The van der Waals surface area contributed by atoms with Crippen molar-refractivity contribution in [2.75, 3.05) is 13.1 Å². The molecule has 1 N–H and O–H groups in total. The van der Waals surface area contributed by atoms with Crippen molar-refractivity contribution < 1.29 is 9.59 Å². The molecule has 1 aliphatic rings. The molecule has 0 spiro atoms. The van der Waals surface area contributed by atoms with Crippen LogP contribution in [0.15, 0.2) is 15.9 Å². The maximum absolute atomic E-state index is 12.0. The monoisotopic (exact) mass is 330 g/mol. The molecule has 4 nitrogen and oxygen atoms in total. The average Bonchev–Trinajstić information content (AvgIpc) is 2.75. The molecule has 1 aromatic heterocycles. The van der Waals surface area contributed by atoms with Gasteiger partial charge in [0.2, 0.25) is 11.8 Å². The molecule has 0 radical (unpaired) electrons. The zero-order chi connectivity index (χ0) is 13.1. The number of rotatable bonds is 4. The van der Waals surface area contributed by atoms with Gasteiger partial charge in [0, 0.05) is 11.4 Å². The first-order chi connectivity index (χ1) is 8.60. The predicted molar refractivity (Wildman–Crippen MR) is 74.5 cm³/mol. The van der Waals surface area contributed by atoms with Crippen LogP contribution in [0.5, 0.6) is 0 Å². The topological polar surface area (TPSA) is 49.4 Å². The van der Waals surface area contributed by atoms with Crippen LogP contribution in [-0.2, 0) is 16.0 Å². The highest BCUT2D eigenvalue weighted by atomic mass is 79.9. The number of nitrogens with zero attached hydrogens (tertiary/aromatic N) is 1. The fourth-order valence-electron chi connectivity index (χ4n) is 1.97. The van der Waals surface area contributed by atoms with Gasteiger partial charge in [-0.2, -0.15) is 0 Å². The molecule has 1 aliphatic heterocycles. The van der Waals surface area contributed by atoms with Gasteiger partial charge in [-0.25, -0.2) is 0 Å². The second kappa shape index (κ2) is 5.84. The maximum atomic E-state index is 12.0. The molecule has 2 heterocycles. The predicted octanol–water partition coefficient (Wildman–Crippen LogP) is 1.79. The maximum Gasteiger partial charge on any atom is 0.245 e. The zero-order valence-electron chi connectivity index (χ0n) is 10.1. The molecule has 1 unspecified atom stereocenters. The number of hydrogen-bond acceptors (Lipinski definition) is 3. The van der Waals surface area contributed by atoms with Crippen molar-refractivity contribution in [1.29, 1.82) is 0 Å². The minimum Gasteiger partial charge on any atom is -0.343 e. The molecule has 6 heteroatoms. The molecule has 0 aromatic carbocycles. The molecule has 1 fully saturated rings. The SMILES string of the molecule is CCC1NC(=O)CN(CCc2ccc(Br)s2)C1=O. The first-order valence-corrected chi connectivity index (χ1v) is 7.53. The molecule has 0 saturated carbocycles. The Hall–Kier alpha value is -0.880. The van der Waals surface area contributed by atoms with Gasteiger partial charge in [-0.1, -0.05) is 6.92 Å². The third-order valence-electron chi connectivity index (χ3n) is 2.94. The molecule has 98 valence electrons. The highest BCUT2D eigenvalue weighted by Gasteiger charge is 2.30. The van der Waals surface area contributed by atoms with E-state index in [1.165, 1.54) is 4.88 Å². The Kier molecular flexibility index (Phi) is 4.40. The van der Waals surface area contributed by atoms with Crippen LogP contribution < -0.4 is 5.32 Å². The molecular formula is C12H15BrN2O2S. The van der Waals surface area contributed by atoms with E-state index < -0.39 is 0 Å². The van der Waals surface area contributed by atoms with Gasteiger partial charge in [0.25, 0.3) is 0 Å². The fraction of sp³-hybridized carbons (Fsp3) is 0.500. The molecule has 0 bridgehead atoms. The summed E-state index contributed by atoms with van der Waals surface area (Å²) in [5, 5.41) is 2.71. The number of amides is 2. The van der Waals surface area contributed by atoms with Crippen LogP contribution in [0, 0.1) is 0 Å². The second-order valence-electron chi connectivity index (χ2n) is 4.24. The van der Waals surface area contributed by atoms with E-state index >= 15 is 0 Å². The van der Waals surface area contributed by atoms with Crippen LogP contribution in [0.2, 0.25) is 0 Å².